The highest BCUT2D eigenvalue weighted by atomic mass is 35.5. The van der Waals surface area contributed by atoms with Crippen LogP contribution in [0.5, 0.6) is 0 Å². The Kier molecular flexibility index (Phi) is 3.08. The SMILES string of the molecule is NC1CC/C(=C/c2ccc(F)c(Cl)c2)C1. The maximum atomic E-state index is 12.9. The van der Waals surface area contributed by atoms with E-state index in [0.717, 1.165) is 24.8 Å². The molecule has 0 aromatic heterocycles. The first-order chi connectivity index (χ1) is 7.15. The van der Waals surface area contributed by atoms with Crippen LogP contribution in [0.3, 0.4) is 0 Å². The van der Waals surface area contributed by atoms with Gasteiger partial charge in [-0.2, -0.15) is 0 Å². The molecule has 0 saturated heterocycles. The summed E-state index contributed by atoms with van der Waals surface area (Å²) >= 11 is 5.70. The Morgan fingerprint density at radius 2 is 2.27 bits per heavy atom. The van der Waals surface area contributed by atoms with Crippen molar-refractivity contribution in [2.24, 2.45) is 5.73 Å². The van der Waals surface area contributed by atoms with Crippen molar-refractivity contribution in [3.05, 3.63) is 40.2 Å². The Morgan fingerprint density at radius 3 is 2.87 bits per heavy atom. The fourth-order valence-corrected chi connectivity index (χ4v) is 2.07. The minimum atomic E-state index is -0.373. The molecule has 1 aromatic carbocycles. The van der Waals surface area contributed by atoms with Gasteiger partial charge in [0.05, 0.1) is 5.02 Å². The van der Waals surface area contributed by atoms with Gasteiger partial charge in [0.25, 0.3) is 0 Å². The van der Waals surface area contributed by atoms with Crippen molar-refractivity contribution < 1.29 is 4.39 Å². The molecule has 0 aliphatic heterocycles. The van der Waals surface area contributed by atoms with Crippen molar-refractivity contribution >= 4 is 17.7 Å². The first kappa shape index (κ1) is 10.7. The smallest absolute Gasteiger partial charge is 0.141 e. The van der Waals surface area contributed by atoms with Crippen LogP contribution in [0.1, 0.15) is 24.8 Å². The maximum Gasteiger partial charge on any atom is 0.141 e. The highest BCUT2D eigenvalue weighted by Gasteiger charge is 2.14. The maximum absolute atomic E-state index is 12.9. The lowest BCUT2D eigenvalue weighted by Crippen LogP contribution is -2.13. The van der Waals surface area contributed by atoms with Crippen molar-refractivity contribution in [3.63, 3.8) is 0 Å². The van der Waals surface area contributed by atoms with Crippen molar-refractivity contribution in [2.75, 3.05) is 0 Å². The average molecular weight is 226 g/mol. The Labute approximate surface area is 93.7 Å². The molecule has 1 fully saturated rings. The van der Waals surface area contributed by atoms with E-state index >= 15 is 0 Å². The van der Waals surface area contributed by atoms with E-state index < -0.39 is 0 Å². The molecule has 0 spiro atoms. The topological polar surface area (TPSA) is 26.0 Å². The summed E-state index contributed by atoms with van der Waals surface area (Å²) in [5.41, 5.74) is 8.08. The van der Waals surface area contributed by atoms with Gasteiger partial charge < -0.3 is 5.73 Å². The molecule has 2 rings (SSSR count). The highest BCUT2D eigenvalue weighted by Crippen LogP contribution is 2.26. The summed E-state index contributed by atoms with van der Waals surface area (Å²) in [5, 5.41) is 0.173. The molecule has 0 amide bonds. The van der Waals surface area contributed by atoms with E-state index in [2.05, 4.69) is 6.08 Å². The lowest BCUT2D eigenvalue weighted by molar-refractivity contribution is 0.628. The molecule has 1 nitrogen and oxygen atoms in total. The van der Waals surface area contributed by atoms with Crippen molar-refractivity contribution in [3.8, 4) is 0 Å². The van der Waals surface area contributed by atoms with Crippen molar-refractivity contribution in [2.45, 2.75) is 25.3 Å². The molecule has 80 valence electrons. The molecule has 1 aliphatic carbocycles. The van der Waals surface area contributed by atoms with Crippen LogP contribution in [0.25, 0.3) is 6.08 Å². The van der Waals surface area contributed by atoms with Crippen LogP contribution >= 0.6 is 11.6 Å². The number of rotatable bonds is 1. The Hall–Kier alpha value is -0.860. The lowest BCUT2D eigenvalue weighted by atomic mass is 10.1. The summed E-state index contributed by atoms with van der Waals surface area (Å²) in [6.07, 6.45) is 5.07. The van der Waals surface area contributed by atoms with Gasteiger partial charge in [-0.3, -0.25) is 0 Å². The normalized spacial score (nSPS) is 23.7. The molecule has 15 heavy (non-hydrogen) atoms. The second-order valence-electron chi connectivity index (χ2n) is 3.98. The van der Waals surface area contributed by atoms with Crippen LogP contribution < -0.4 is 5.73 Å². The standard InChI is InChI=1S/C12H13ClFN/c13-11-7-9(2-4-12(11)14)5-8-1-3-10(15)6-8/h2,4-5,7,10H,1,3,6,15H2/b8-5-. The molecule has 1 aliphatic rings. The zero-order chi connectivity index (χ0) is 10.8. The Balaban J connectivity index is 2.20. The molecule has 0 heterocycles. The molecule has 0 bridgehead atoms. The van der Waals surface area contributed by atoms with Gasteiger partial charge in [-0.05, 0) is 37.0 Å². The van der Waals surface area contributed by atoms with Crippen LogP contribution in [0.4, 0.5) is 4.39 Å². The van der Waals surface area contributed by atoms with E-state index in [1.807, 2.05) is 0 Å². The van der Waals surface area contributed by atoms with Crippen LogP contribution in [0.2, 0.25) is 5.02 Å². The number of hydrogen-bond acceptors (Lipinski definition) is 1. The molecule has 1 unspecified atom stereocenters. The van der Waals surface area contributed by atoms with E-state index in [0.29, 0.717) is 0 Å². The zero-order valence-corrected chi connectivity index (χ0v) is 9.10. The van der Waals surface area contributed by atoms with Gasteiger partial charge in [0, 0.05) is 6.04 Å². The van der Waals surface area contributed by atoms with Crippen LogP contribution in [0, 0.1) is 5.82 Å². The molecule has 1 saturated carbocycles. The van der Waals surface area contributed by atoms with Crippen LogP contribution in [-0.2, 0) is 0 Å². The van der Waals surface area contributed by atoms with Crippen LogP contribution in [-0.4, -0.2) is 6.04 Å². The number of benzene rings is 1. The molecular weight excluding hydrogens is 213 g/mol. The van der Waals surface area contributed by atoms with Gasteiger partial charge >= 0.3 is 0 Å². The third-order valence-corrected chi connectivity index (χ3v) is 2.96. The monoisotopic (exact) mass is 225 g/mol. The quantitative estimate of drug-likeness (QED) is 0.779. The number of hydrogen-bond donors (Lipinski definition) is 1. The van der Waals surface area contributed by atoms with Crippen molar-refractivity contribution in [1.82, 2.24) is 0 Å². The molecule has 3 heteroatoms. The van der Waals surface area contributed by atoms with Gasteiger partial charge in [0.15, 0.2) is 0 Å². The molecule has 1 aromatic rings. The third-order valence-electron chi connectivity index (χ3n) is 2.68. The van der Waals surface area contributed by atoms with Gasteiger partial charge in [-0.15, -0.1) is 0 Å². The second-order valence-corrected chi connectivity index (χ2v) is 4.39. The van der Waals surface area contributed by atoms with E-state index in [4.69, 9.17) is 17.3 Å². The molecular formula is C12H13ClFN. The Morgan fingerprint density at radius 1 is 1.47 bits per heavy atom. The fraction of sp³-hybridized carbons (Fsp3) is 0.333. The highest BCUT2D eigenvalue weighted by molar-refractivity contribution is 6.30. The van der Waals surface area contributed by atoms with E-state index in [1.165, 1.54) is 11.6 Å². The Bertz CT molecular complexity index is 401. The minimum absolute atomic E-state index is 0.173. The number of nitrogens with two attached hydrogens (primary N) is 1. The minimum Gasteiger partial charge on any atom is -0.327 e. The molecule has 1 atom stereocenters. The fourth-order valence-electron chi connectivity index (χ4n) is 1.88. The van der Waals surface area contributed by atoms with Gasteiger partial charge in [-0.1, -0.05) is 29.3 Å². The average Bonchev–Trinajstić information content (AvgIpc) is 2.58. The van der Waals surface area contributed by atoms with Gasteiger partial charge in [-0.25, -0.2) is 4.39 Å². The first-order valence-corrected chi connectivity index (χ1v) is 5.43. The molecule has 0 radical (unpaired) electrons. The second kappa shape index (κ2) is 4.33. The van der Waals surface area contributed by atoms with E-state index in [1.54, 1.807) is 12.1 Å². The predicted octanol–water partition coefficient (Wildman–Crippen LogP) is 3.37. The first-order valence-electron chi connectivity index (χ1n) is 5.05. The summed E-state index contributed by atoms with van der Waals surface area (Å²) in [4.78, 5) is 0. The summed E-state index contributed by atoms with van der Waals surface area (Å²) in [5.74, 6) is -0.373. The molecule has 2 N–H and O–H groups in total. The lowest BCUT2D eigenvalue weighted by Gasteiger charge is -2.00. The summed E-state index contributed by atoms with van der Waals surface area (Å²) in [6, 6.07) is 5.06. The zero-order valence-electron chi connectivity index (χ0n) is 8.34. The summed E-state index contributed by atoms with van der Waals surface area (Å²) in [7, 11) is 0. The van der Waals surface area contributed by atoms with E-state index in [-0.39, 0.29) is 16.9 Å². The summed E-state index contributed by atoms with van der Waals surface area (Å²) < 4.78 is 12.9. The summed E-state index contributed by atoms with van der Waals surface area (Å²) in [6.45, 7) is 0. The van der Waals surface area contributed by atoms with Crippen molar-refractivity contribution in [1.29, 1.82) is 0 Å². The predicted molar refractivity (Wildman–Crippen MR) is 61.2 cm³/mol. The van der Waals surface area contributed by atoms with Gasteiger partial charge in [0.1, 0.15) is 5.82 Å². The van der Waals surface area contributed by atoms with Gasteiger partial charge in [0.2, 0.25) is 0 Å². The van der Waals surface area contributed by atoms with E-state index in [9.17, 15) is 4.39 Å². The third kappa shape index (κ3) is 2.58. The number of halogens is 2. The van der Waals surface area contributed by atoms with Crippen LogP contribution in [0.15, 0.2) is 23.8 Å². The largest absolute Gasteiger partial charge is 0.327 e.